The van der Waals surface area contributed by atoms with Gasteiger partial charge in [0.25, 0.3) is 0 Å². The van der Waals surface area contributed by atoms with E-state index >= 15 is 0 Å². The van der Waals surface area contributed by atoms with E-state index in [1.165, 1.54) is 0 Å². The SMILES string of the molecule is Nc1ccccc1Nc1ccccc1CO. The molecule has 0 bridgehead atoms. The molecule has 0 aromatic heterocycles. The first-order valence-electron chi connectivity index (χ1n) is 5.11. The zero-order valence-electron chi connectivity index (χ0n) is 8.85. The number of aliphatic hydroxyl groups excluding tert-OH is 1. The van der Waals surface area contributed by atoms with Gasteiger partial charge in [0.15, 0.2) is 0 Å². The van der Waals surface area contributed by atoms with Gasteiger partial charge in [0.1, 0.15) is 0 Å². The minimum absolute atomic E-state index is 0.00983. The zero-order chi connectivity index (χ0) is 11.4. The molecule has 0 amide bonds. The highest BCUT2D eigenvalue weighted by Crippen LogP contribution is 2.24. The van der Waals surface area contributed by atoms with Crippen molar-refractivity contribution in [3.8, 4) is 0 Å². The normalized spacial score (nSPS) is 10.1. The number of nitrogens with one attached hydrogen (secondary N) is 1. The number of hydrogen-bond acceptors (Lipinski definition) is 3. The van der Waals surface area contributed by atoms with Crippen molar-refractivity contribution < 1.29 is 5.11 Å². The molecule has 0 aliphatic heterocycles. The Bertz CT molecular complexity index is 483. The van der Waals surface area contributed by atoms with E-state index in [1.807, 2.05) is 48.5 Å². The summed E-state index contributed by atoms with van der Waals surface area (Å²) in [4.78, 5) is 0. The van der Waals surface area contributed by atoms with Crippen LogP contribution in [0, 0.1) is 0 Å². The lowest BCUT2D eigenvalue weighted by atomic mass is 10.1. The molecule has 0 aliphatic carbocycles. The number of aliphatic hydroxyl groups is 1. The highest BCUT2D eigenvalue weighted by Gasteiger charge is 2.02. The van der Waals surface area contributed by atoms with Crippen molar-refractivity contribution in [3.05, 3.63) is 54.1 Å². The molecule has 0 aliphatic rings. The van der Waals surface area contributed by atoms with Gasteiger partial charge in [-0.25, -0.2) is 0 Å². The van der Waals surface area contributed by atoms with Crippen LogP contribution in [0.1, 0.15) is 5.56 Å². The van der Waals surface area contributed by atoms with Crippen molar-refractivity contribution >= 4 is 17.1 Å². The van der Waals surface area contributed by atoms with E-state index in [9.17, 15) is 5.11 Å². The van der Waals surface area contributed by atoms with Gasteiger partial charge in [-0.15, -0.1) is 0 Å². The molecule has 3 heteroatoms. The lowest BCUT2D eigenvalue weighted by molar-refractivity contribution is 0.282. The monoisotopic (exact) mass is 214 g/mol. The van der Waals surface area contributed by atoms with E-state index in [1.54, 1.807) is 0 Å². The lowest BCUT2D eigenvalue weighted by Crippen LogP contribution is -1.98. The van der Waals surface area contributed by atoms with E-state index in [0.717, 1.165) is 16.9 Å². The summed E-state index contributed by atoms with van der Waals surface area (Å²) in [5.74, 6) is 0. The number of para-hydroxylation sites is 3. The van der Waals surface area contributed by atoms with Crippen molar-refractivity contribution in [3.63, 3.8) is 0 Å². The predicted molar refractivity (Wildman–Crippen MR) is 66.5 cm³/mol. The predicted octanol–water partition coefficient (Wildman–Crippen LogP) is 2.50. The van der Waals surface area contributed by atoms with Crippen LogP contribution >= 0.6 is 0 Å². The van der Waals surface area contributed by atoms with Crippen LogP contribution in [-0.2, 0) is 6.61 Å². The summed E-state index contributed by atoms with van der Waals surface area (Å²) in [6.07, 6.45) is 0. The molecule has 2 aromatic rings. The molecule has 0 heterocycles. The van der Waals surface area contributed by atoms with E-state index in [4.69, 9.17) is 5.73 Å². The number of nitrogen functional groups attached to an aromatic ring is 1. The van der Waals surface area contributed by atoms with Crippen LogP contribution in [0.4, 0.5) is 17.1 Å². The first-order valence-corrected chi connectivity index (χ1v) is 5.11. The van der Waals surface area contributed by atoms with Crippen molar-refractivity contribution in [1.29, 1.82) is 0 Å². The third-order valence-electron chi connectivity index (χ3n) is 2.42. The van der Waals surface area contributed by atoms with E-state index in [0.29, 0.717) is 5.69 Å². The summed E-state index contributed by atoms with van der Waals surface area (Å²) >= 11 is 0. The Kier molecular flexibility index (Phi) is 3.08. The van der Waals surface area contributed by atoms with Crippen molar-refractivity contribution in [2.24, 2.45) is 0 Å². The van der Waals surface area contributed by atoms with Gasteiger partial charge in [0, 0.05) is 11.3 Å². The first-order chi connectivity index (χ1) is 7.81. The molecule has 0 fully saturated rings. The van der Waals surface area contributed by atoms with Crippen molar-refractivity contribution in [1.82, 2.24) is 0 Å². The van der Waals surface area contributed by atoms with Gasteiger partial charge in [-0.1, -0.05) is 30.3 Å². The van der Waals surface area contributed by atoms with Gasteiger partial charge >= 0.3 is 0 Å². The second-order valence-corrected chi connectivity index (χ2v) is 3.53. The molecule has 2 aromatic carbocycles. The molecule has 2 rings (SSSR count). The van der Waals surface area contributed by atoms with Crippen LogP contribution in [-0.4, -0.2) is 5.11 Å². The Morgan fingerprint density at radius 3 is 2.25 bits per heavy atom. The molecule has 3 nitrogen and oxygen atoms in total. The standard InChI is InChI=1S/C13H14N2O/c14-11-6-2-4-8-13(11)15-12-7-3-1-5-10(12)9-16/h1-8,15-16H,9,14H2. The maximum atomic E-state index is 9.19. The molecule has 0 spiro atoms. The van der Waals surface area contributed by atoms with Crippen LogP contribution in [0.5, 0.6) is 0 Å². The minimum atomic E-state index is 0.00983. The van der Waals surface area contributed by atoms with Gasteiger partial charge < -0.3 is 16.2 Å². The van der Waals surface area contributed by atoms with Crippen LogP contribution in [0.3, 0.4) is 0 Å². The summed E-state index contributed by atoms with van der Waals surface area (Å²) < 4.78 is 0. The Labute approximate surface area is 94.5 Å². The van der Waals surface area contributed by atoms with Crippen LogP contribution in [0.15, 0.2) is 48.5 Å². The maximum absolute atomic E-state index is 9.19. The molecular formula is C13H14N2O. The molecule has 0 unspecified atom stereocenters. The van der Waals surface area contributed by atoms with Gasteiger partial charge in [-0.05, 0) is 18.2 Å². The third-order valence-corrected chi connectivity index (χ3v) is 2.42. The second-order valence-electron chi connectivity index (χ2n) is 3.53. The summed E-state index contributed by atoms with van der Waals surface area (Å²) in [6.45, 7) is 0.00983. The first kappa shape index (κ1) is 10.5. The largest absolute Gasteiger partial charge is 0.397 e. The number of hydrogen-bond donors (Lipinski definition) is 3. The average molecular weight is 214 g/mol. The number of benzene rings is 2. The van der Waals surface area contributed by atoms with Crippen molar-refractivity contribution in [2.75, 3.05) is 11.1 Å². The highest BCUT2D eigenvalue weighted by atomic mass is 16.3. The molecule has 0 radical (unpaired) electrons. The Morgan fingerprint density at radius 2 is 1.56 bits per heavy atom. The van der Waals surface area contributed by atoms with Gasteiger partial charge in [-0.2, -0.15) is 0 Å². The summed E-state index contributed by atoms with van der Waals surface area (Å²) in [5, 5.41) is 12.4. The summed E-state index contributed by atoms with van der Waals surface area (Å²) in [6, 6.07) is 15.2. The Hall–Kier alpha value is -2.00. The highest BCUT2D eigenvalue weighted by molar-refractivity contribution is 5.73. The Morgan fingerprint density at radius 1 is 0.938 bits per heavy atom. The smallest absolute Gasteiger partial charge is 0.0702 e. The van der Waals surface area contributed by atoms with Crippen molar-refractivity contribution in [2.45, 2.75) is 6.61 Å². The number of nitrogens with two attached hydrogens (primary N) is 1. The molecule has 4 N–H and O–H groups in total. The van der Waals surface area contributed by atoms with E-state index < -0.39 is 0 Å². The average Bonchev–Trinajstić information content (AvgIpc) is 2.33. The van der Waals surface area contributed by atoms with Crippen LogP contribution in [0.25, 0.3) is 0 Å². The van der Waals surface area contributed by atoms with Crippen LogP contribution < -0.4 is 11.1 Å². The Balaban J connectivity index is 2.30. The van der Waals surface area contributed by atoms with E-state index in [2.05, 4.69) is 5.32 Å². The summed E-state index contributed by atoms with van der Waals surface area (Å²) in [5.41, 5.74) is 9.11. The second kappa shape index (κ2) is 4.68. The van der Waals surface area contributed by atoms with E-state index in [-0.39, 0.29) is 6.61 Å². The lowest BCUT2D eigenvalue weighted by Gasteiger charge is -2.12. The minimum Gasteiger partial charge on any atom is -0.397 e. The molecular weight excluding hydrogens is 200 g/mol. The maximum Gasteiger partial charge on any atom is 0.0702 e. The fourth-order valence-corrected chi connectivity index (χ4v) is 1.54. The molecule has 0 saturated carbocycles. The topological polar surface area (TPSA) is 58.3 Å². The van der Waals surface area contributed by atoms with Crippen LogP contribution in [0.2, 0.25) is 0 Å². The summed E-state index contributed by atoms with van der Waals surface area (Å²) in [7, 11) is 0. The fraction of sp³-hybridized carbons (Fsp3) is 0.0769. The molecule has 0 saturated heterocycles. The van der Waals surface area contributed by atoms with Gasteiger partial charge in [0.05, 0.1) is 18.0 Å². The third kappa shape index (κ3) is 2.15. The number of rotatable bonds is 3. The van der Waals surface area contributed by atoms with Gasteiger partial charge in [0.2, 0.25) is 0 Å². The fourth-order valence-electron chi connectivity index (χ4n) is 1.54. The zero-order valence-corrected chi connectivity index (χ0v) is 8.85. The number of anilines is 3. The molecule has 82 valence electrons. The quantitative estimate of drug-likeness (QED) is 0.688. The van der Waals surface area contributed by atoms with Gasteiger partial charge in [-0.3, -0.25) is 0 Å². The molecule has 0 atom stereocenters. The molecule has 16 heavy (non-hydrogen) atoms.